The summed E-state index contributed by atoms with van der Waals surface area (Å²) in [6.45, 7) is 6.96. The van der Waals surface area contributed by atoms with Crippen molar-refractivity contribution >= 4 is 22.9 Å². The van der Waals surface area contributed by atoms with Crippen molar-refractivity contribution in [3.8, 4) is 22.8 Å². The SMILES string of the molecule is CC(CNC(=O)OC(C)(C)C)n1nc(-c2ccc(Oc3c(F)c(F)cc(F)c3F)cc2F)c2c(N)ncnc21. The minimum atomic E-state index is -1.78. The van der Waals surface area contributed by atoms with Gasteiger partial charge in [-0.05, 0) is 39.8 Å². The predicted molar refractivity (Wildman–Crippen MR) is 130 cm³/mol. The Labute approximate surface area is 218 Å². The van der Waals surface area contributed by atoms with Gasteiger partial charge in [-0.3, -0.25) is 0 Å². The molecule has 206 valence electrons. The van der Waals surface area contributed by atoms with Crippen LogP contribution in [0.3, 0.4) is 0 Å². The van der Waals surface area contributed by atoms with Gasteiger partial charge in [0.15, 0.2) is 17.3 Å². The van der Waals surface area contributed by atoms with Crippen molar-refractivity contribution in [1.29, 1.82) is 0 Å². The van der Waals surface area contributed by atoms with Gasteiger partial charge in [0, 0.05) is 24.2 Å². The molecule has 0 aliphatic carbocycles. The lowest BCUT2D eigenvalue weighted by Gasteiger charge is -2.21. The molecule has 0 bridgehead atoms. The van der Waals surface area contributed by atoms with Crippen LogP contribution in [0.25, 0.3) is 22.3 Å². The Morgan fingerprint density at radius 1 is 1.05 bits per heavy atom. The van der Waals surface area contributed by atoms with Gasteiger partial charge in [-0.15, -0.1) is 0 Å². The zero-order chi connectivity index (χ0) is 28.6. The summed E-state index contributed by atoms with van der Waals surface area (Å²) in [7, 11) is 0. The minimum Gasteiger partial charge on any atom is -0.451 e. The average molecular weight is 550 g/mol. The lowest BCUT2D eigenvalue weighted by molar-refractivity contribution is 0.0520. The van der Waals surface area contributed by atoms with Crippen LogP contribution in [0.1, 0.15) is 33.7 Å². The summed E-state index contributed by atoms with van der Waals surface area (Å²) in [5, 5.41) is 7.27. The zero-order valence-corrected chi connectivity index (χ0v) is 21.2. The standard InChI is InChI=1S/C25H23F5N6O3/c1-11(9-32-24(37)39-25(2,3)4)36-23-17(22(31)33-10-34-23)20(35-36)13-6-5-12(7-14(13)26)38-21-18(29)15(27)8-16(28)19(21)30/h5-8,10-11H,9H2,1-4H3,(H,32,37)(H2,31,33,34). The number of hydrogen-bond acceptors (Lipinski definition) is 7. The van der Waals surface area contributed by atoms with E-state index in [1.165, 1.54) is 17.1 Å². The number of carbonyl (C=O) groups is 1. The Morgan fingerprint density at radius 3 is 2.33 bits per heavy atom. The fraction of sp³-hybridized carbons (Fsp3) is 0.280. The number of alkyl carbamates (subject to hydrolysis) is 1. The number of ether oxygens (including phenoxy) is 2. The molecule has 0 spiro atoms. The van der Waals surface area contributed by atoms with Crippen LogP contribution in [0.15, 0.2) is 30.6 Å². The van der Waals surface area contributed by atoms with Gasteiger partial charge in [-0.2, -0.15) is 13.9 Å². The summed E-state index contributed by atoms with van der Waals surface area (Å²) in [5.41, 5.74) is 5.52. The largest absolute Gasteiger partial charge is 0.451 e. The predicted octanol–water partition coefficient (Wildman–Crippen LogP) is 5.65. The van der Waals surface area contributed by atoms with Crippen molar-refractivity contribution in [2.24, 2.45) is 0 Å². The van der Waals surface area contributed by atoms with Crippen LogP contribution in [0.2, 0.25) is 0 Å². The van der Waals surface area contributed by atoms with Gasteiger partial charge >= 0.3 is 6.09 Å². The summed E-state index contributed by atoms with van der Waals surface area (Å²) in [6, 6.07) is 2.59. The van der Waals surface area contributed by atoms with E-state index in [4.69, 9.17) is 15.2 Å². The van der Waals surface area contributed by atoms with Crippen LogP contribution >= 0.6 is 0 Å². The molecular formula is C25H23F5N6O3. The first-order chi connectivity index (χ1) is 18.3. The molecule has 0 aliphatic rings. The number of nitrogens with one attached hydrogen (secondary N) is 1. The number of amides is 1. The smallest absolute Gasteiger partial charge is 0.407 e. The first kappa shape index (κ1) is 27.5. The van der Waals surface area contributed by atoms with E-state index in [0.29, 0.717) is 0 Å². The van der Waals surface area contributed by atoms with Crippen molar-refractivity contribution < 1.29 is 36.2 Å². The molecule has 0 saturated heterocycles. The number of nitrogens with zero attached hydrogens (tertiary/aromatic N) is 4. The van der Waals surface area contributed by atoms with E-state index in [0.717, 1.165) is 12.1 Å². The monoisotopic (exact) mass is 550 g/mol. The van der Waals surface area contributed by atoms with Gasteiger partial charge in [0.2, 0.25) is 17.4 Å². The molecule has 9 nitrogen and oxygen atoms in total. The third-order valence-electron chi connectivity index (χ3n) is 5.36. The second kappa shape index (κ2) is 10.3. The fourth-order valence-corrected chi connectivity index (χ4v) is 3.63. The third-order valence-corrected chi connectivity index (χ3v) is 5.36. The Hall–Kier alpha value is -4.49. The van der Waals surface area contributed by atoms with Crippen LogP contribution < -0.4 is 15.8 Å². The molecule has 3 N–H and O–H groups in total. The number of nitrogen functional groups attached to an aromatic ring is 1. The molecule has 4 aromatic rings. The van der Waals surface area contributed by atoms with Crippen molar-refractivity contribution in [2.45, 2.75) is 39.3 Å². The van der Waals surface area contributed by atoms with Gasteiger partial charge in [0.1, 0.15) is 35.0 Å². The molecule has 1 amide bonds. The fourth-order valence-electron chi connectivity index (χ4n) is 3.63. The van der Waals surface area contributed by atoms with Gasteiger partial charge in [-0.1, -0.05) is 0 Å². The molecule has 2 aromatic heterocycles. The quantitative estimate of drug-likeness (QED) is 0.235. The van der Waals surface area contributed by atoms with E-state index in [2.05, 4.69) is 20.4 Å². The first-order valence-corrected chi connectivity index (χ1v) is 11.5. The van der Waals surface area contributed by atoms with Gasteiger partial charge in [-0.25, -0.2) is 32.6 Å². The number of fused-ring (bicyclic) bond motifs is 1. The molecule has 0 aliphatic heterocycles. The zero-order valence-electron chi connectivity index (χ0n) is 21.2. The number of hydrogen-bond donors (Lipinski definition) is 2. The molecular weight excluding hydrogens is 527 g/mol. The topological polar surface area (TPSA) is 117 Å². The minimum absolute atomic E-state index is 0.00680. The highest BCUT2D eigenvalue weighted by atomic mass is 19.2. The highest BCUT2D eigenvalue weighted by Crippen LogP contribution is 2.36. The van der Waals surface area contributed by atoms with E-state index >= 15 is 4.39 Å². The molecule has 1 atom stereocenters. The number of carbonyl (C=O) groups excluding carboxylic acids is 1. The van der Waals surface area contributed by atoms with E-state index < -0.39 is 58.3 Å². The van der Waals surface area contributed by atoms with Crippen LogP contribution in [0, 0.1) is 29.1 Å². The average Bonchev–Trinajstić information content (AvgIpc) is 3.24. The van der Waals surface area contributed by atoms with Gasteiger partial charge in [0.25, 0.3) is 0 Å². The molecule has 0 saturated carbocycles. The summed E-state index contributed by atoms with van der Waals surface area (Å²) in [4.78, 5) is 20.2. The lowest BCUT2D eigenvalue weighted by atomic mass is 10.1. The first-order valence-electron chi connectivity index (χ1n) is 11.5. The number of aromatic nitrogens is 4. The van der Waals surface area contributed by atoms with Crippen LogP contribution in [0.4, 0.5) is 32.6 Å². The summed E-state index contributed by atoms with van der Waals surface area (Å²) < 4.78 is 81.8. The number of rotatable bonds is 6. The van der Waals surface area contributed by atoms with Gasteiger partial charge < -0.3 is 20.5 Å². The Balaban J connectivity index is 1.68. The Morgan fingerprint density at radius 2 is 1.72 bits per heavy atom. The molecule has 2 heterocycles. The van der Waals surface area contributed by atoms with E-state index in [-0.39, 0.29) is 40.7 Å². The molecule has 14 heteroatoms. The normalized spacial score (nSPS) is 12.4. The molecule has 1 unspecified atom stereocenters. The highest BCUT2D eigenvalue weighted by molar-refractivity contribution is 5.98. The van der Waals surface area contributed by atoms with E-state index in [9.17, 15) is 22.4 Å². The molecule has 39 heavy (non-hydrogen) atoms. The van der Waals surface area contributed by atoms with Crippen molar-refractivity contribution in [2.75, 3.05) is 12.3 Å². The van der Waals surface area contributed by atoms with Crippen LogP contribution in [-0.4, -0.2) is 38.0 Å². The summed E-state index contributed by atoms with van der Waals surface area (Å²) in [5.74, 6) is -9.68. The maximum absolute atomic E-state index is 15.3. The molecule has 2 aromatic carbocycles. The molecule has 0 fully saturated rings. The highest BCUT2D eigenvalue weighted by Gasteiger charge is 2.25. The van der Waals surface area contributed by atoms with Crippen molar-refractivity contribution in [3.05, 3.63) is 59.7 Å². The second-order valence-electron chi connectivity index (χ2n) is 9.52. The van der Waals surface area contributed by atoms with Crippen LogP contribution in [0.5, 0.6) is 11.5 Å². The maximum Gasteiger partial charge on any atom is 0.407 e. The van der Waals surface area contributed by atoms with Crippen molar-refractivity contribution in [3.63, 3.8) is 0 Å². The number of halogens is 5. The van der Waals surface area contributed by atoms with Crippen molar-refractivity contribution in [1.82, 2.24) is 25.1 Å². The molecule has 4 rings (SSSR count). The second-order valence-corrected chi connectivity index (χ2v) is 9.52. The lowest BCUT2D eigenvalue weighted by Crippen LogP contribution is -2.35. The summed E-state index contributed by atoms with van der Waals surface area (Å²) >= 11 is 0. The third kappa shape index (κ3) is 5.68. The van der Waals surface area contributed by atoms with Crippen LogP contribution in [-0.2, 0) is 4.74 Å². The number of benzene rings is 2. The maximum atomic E-state index is 15.3. The Kier molecular flexibility index (Phi) is 7.31. The summed E-state index contributed by atoms with van der Waals surface area (Å²) in [6.07, 6.45) is 0.551. The number of anilines is 1. The molecule has 0 radical (unpaired) electrons. The number of nitrogens with two attached hydrogens (primary N) is 1. The van der Waals surface area contributed by atoms with Gasteiger partial charge in [0.05, 0.1) is 11.4 Å². The van der Waals surface area contributed by atoms with E-state index in [1.807, 2.05) is 0 Å². The van der Waals surface area contributed by atoms with E-state index in [1.54, 1.807) is 27.7 Å². The Bertz CT molecular complexity index is 1540.